The first-order valence-electron chi connectivity index (χ1n) is 14.7. The Morgan fingerprint density at radius 2 is 1.61 bits per heavy atom. The molecule has 2 saturated carbocycles. The minimum Gasteiger partial charge on any atom is -0.481 e. The zero-order valence-corrected chi connectivity index (χ0v) is 25.5. The Bertz CT molecular complexity index is 1260. The van der Waals surface area contributed by atoms with Gasteiger partial charge in [-0.15, -0.1) is 0 Å². The number of carboxylic acid groups (broad SMARTS) is 1. The number of aliphatic hydroxyl groups is 1. The molecule has 0 saturated heterocycles. The summed E-state index contributed by atoms with van der Waals surface area (Å²) in [6, 6.07) is 0. The van der Waals surface area contributed by atoms with Crippen molar-refractivity contribution in [2.24, 2.45) is 45.3 Å². The first-order valence-corrected chi connectivity index (χ1v) is 14.7. The number of rotatable bonds is 7. The van der Waals surface area contributed by atoms with Gasteiger partial charge in [0.1, 0.15) is 11.6 Å². The van der Waals surface area contributed by atoms with Crippen molar-refractivity contribution in [3.8, 4) is 0 Å². The lowest BCUT2D eigenvalue weighted by Crippen LogP contribution is -2.65. The normalized spacial score (nSPS) is 39.4. The monoisotopic (exact) mass is 572 g/mol. The molecule has 0 aliphatic heterocycles. The molecule has 0 aromatic rings. The van der Waals surface area contributed by atoms with Crippen molar-refractivity contribution < 1.29 is 43.7 Å². The van der Waals surface area contributed by atoms with Crippen LogP contribution in [0.15, 0.2) is 11.1 Å². The van der Waals surface area contributed by atoms with E-state index in [1.807, 2.05) is 27.7 Å². The van der Waals surface area contributed by atoms with Crippen molar-refractivity contribution in [3.05, 3.63) is 11.1 Å². The van der Waals surface area contributed by atoms with Crippen LogP contribution >= 0.6 is 0 Å². The van der Waals surface area contributed by atoms with E-state index in [9.17, 15) is 39.0 Å². The van der Waals surface area contributed by atoms with Crippen molar-refractivity contribution in [2.75, 3.05) is 0 Å². The van der Waals surface area contributed by atoms with E-state index in [-0.39, 0.29) is 60.6 Å². The minimum atomic E-state index is -1.30. The number of ketones is 4. The van der Waals surface area contributed by atoms with Gasteiger partial charge in [-0.1, -0.05) is 48.5 Å². The number of esters is 1. The fourth-order valence-corrected chi connectivity index (χ4v) is 9.26. The number of carbonyl (C=O) groups is 6. The van der Waals surface area contributed by atoms with E-state index in [1.54, 1.807) is 13.8 Å². The molecule has 0 bridgehead atoms. The molecule has 4 rings (SSSR count). The lowest BCUT2D eigenvalue weighted by atomic mass is 9.42. The van der Waals surface area contributed by atoms with E-state index in [4.69, 9.17) is 4.74 Å². The van der Waals surface area contributed by atoms with Gasteiger partial charge in [0, 0.05) is 65.4 Å². The molecule has 2 N–H and O–H groups in total. The van der Waals surface area contributed by atoms with Gasteiger partial charge in [0.25, 0.3) is 0 Å². The SMILES string of the molecule is CC(=O)O[C@@H]1C(=O)C2=C(C(=O)CC3C(C)(C)C(=O)CC[C@]23C)[C@]2(C)C(O)C[C@H]([C@H](C)CC(=O)CC(C)C(=O)O)[C@@]12C. The molecule has 0 radical (unpaired) electrons. The number of carboxylic acids is 1. The Labute approximate surface area is 241 Å². The Morgan fingerprint density at radius 3 is 2.17 bits per heavy atom. The maximum Gasteiger partial charge on any atom is 0.306 e. The van der Waals surface area contributed by atoms with Gasteiger partial charge in [0.05, 0.1) is 12.0 Å². The molecule has 3 unspecified atom stereocenters. The molecule has 9 heteroatoms. The summed E-state index contributed by atoms with van der Waals surface area (Å²) >= 11 is 0. The summed E-state index contributed by atoms with van der Waals surface area (Å²) in [6.45, 7) is 13.6. The topological polar surface area (TPSA) is 152 Å². The van der Waals surface area contributed by atoms with Gasteiger partial charge < -0.3 is 14.9 Å². The van der Waals surface area contributed by atoms with Crippen LogP contribution in [0.3, 0.4) is 0 Å². The van der Waals surface area contributed by atoms with Crippen molar-refractivity contribution in [3.63, 3.8) is 0 Å². The number of hydrogen-bond acceptors (Lipinski definition) is 8. The van der Waals surface area contributed by atoms with Crippen LogP contribution in [0.5, 0.6) is 0 Å². The van der Waals surface area contributed by atoms with E-state index in [0.717, 1.165) is 0 Å². The standard InChI is InChI=1S/C32H44O9/c1-15(11-18(34)12-16(2)28(39)40)19-13-23(37)32(8)24-20(35)14-21-29(4,5)22(36)9-10-30(21,6)25(24)26(38)27(31(19,32)7)41-17(3)33/h15-16,19,21,23,27,37H,9-14H2,1-8H3,(H,39,40)/t15-,16?,19-,21?,23?,27-,30+,31+,32+/m1/s1. The molecule has 9 atom stereocenters. The largest absolute Gasteiger partial charge is 0.481 e. The highest BCUT2D eigenvalue weighted by molar-refractivity contribution is 6.14. The van der Waals surface area contributed by atoms with E-state index in [2.05, 4.69) is 0 Å². The number of aliphatic carboxylic acids is 1. The lowest BCUT2D eigenvalue weighted by Gasteiger charge is -2.60. The van der Waals surface area contributed by atoms with E-state index in [1.165, 1.54) is 13.8 Å². The molecule has 4 aliphatic rings. The molecule has 0 aromatic carbocycles. The summed E-state index contributed by atoms with van der Waals surface area (Å²) in [6.07, 6.45) is -1.60. The fourth-order valence-electron chi connectivity index (χ4n) is 9.26. The third-order valence-corrected chi connectivity index (χ3v) is 11.8. The van der Waals surface area contributed by atoms with Crippen LogP contribution in [-0.2, 0) is 33.5 Å². The second-order valence-electron chi connectivity index (χ2n) is 14.4. The van der Waals surface area contributed by atoms with Gasteiger partial charge in [0.2, 0.25) is 5.78 Å². The highest BCUT2D eigenvalue weighted by Crippen LogP contribution is 2.71. The molecule has 2 fully saturated rings. The maximum atomic E-state index is 14.6. The fraction of sp³-hybridized carbons (Fsp3) is 0.750. The summed E-state index contributed by atoms with van der Waals surface area (Å²) in [4.78, 5) is 78.3. The predicted octanol–water partition coefficient (Wildman–Crippen LogP) is 3.88. The smallest absolute Gasteiger partial charge is 0.306 e. The molecule has 0 spiro atoms. The summed E-state index contributed by atoms with van der Waals surface area (Å²) in [7, 11) is 0. The van der Waals surface area contributed by atoms with Crippen molar-refractivity contribution in [1.29, 1.82) is 0 Å². The quantitative estimate of drug-likeness (QED) is 0.433. The van der Waals surface area contributed by atoms with Gasteiger partial charge in [0.15, 0.2) is 11.9 Å². The molecule has 0 aromatic heterocycles. The summed E-state index contributed by atoms with van der Waals surface area (Å²) in [5, 5.41) is 21.0. The summed E-state index contributed by atoms with van der Waals surface area (Å²) < 4.78 is 5.82. The number of hydrogen-bond donors (Lipinski definition) is 2. The predicted molar refractivity (Wildman–Crippen MR) is 147 cm³/mol. The van der Waals surface area contributed by atoms with Gasteiger partial charge in [-0.05, 0) is 30.6 Å². The second kappa shape index (κ2) is 9.96. The third-order valence-electron chi connectivity index (χ3n) is 11.8. The van der Waals surface area contributed by atoms with Crippen LogP contribution in [0.25, 0.3) is 0 Å². The van der Waals surface area contributed by atoms with Gasteiger partial charge in [-0.25, -0.2) is 0 Å². The number of Topliss-reactive ketones (excluding diaryl/α,β-unsaturated/α-hetero) is 4. The molecule has 226 valence electrons. The molecule has 4 aliphatic carbocycles. The van der Waals surface area contributed by atoms with Gasteiger partial charge >= 0.3 is 11.9 Å². The molecular formula is C32H44O9. The van der Waals surface area contributed by atoms with E-state index < -0.39 is 75.3 Å². The number of aliphatic hydroxyl groups excluding tert-OH is 1. The number of fused-ring (bicyclic) bond motifs is 4. The Hall–Kier alpha value is -2.68. The molecule has 0 heterocycles. The Balaban J connectivity index is 1.88. The van der Waals surface area contributed by atoms with Crippen molar-refractivity contribution >= 4 is 35.1 Å². The Morgan fingerprint density at radius 1 is 1.00 bits per heavy atom. The minimum absolute atomic E-state index is 0.0254. The third kappa shape index (κ3) is 4.28. The molecule has 0 amide bonds. The highest BCUT2D eigenvalue weighted by atomic mass is 16.5. The average molecular weight is 573 g/mol. The van der Waals surface area contributed by atoms with Gasteiger partial charge in [-0.2, -0.15) is 0 Å². The maximum absolute atomic E-state index is 14.6. The first kappa shape index (κ1) is 31.3. The molecular weight excluding hydrogens is 528 g/mol. The number of carbonyl (C=O) groups excluding carboxylic acids is 5. The van der Waals surface area contributed by atoms with Crippen LogP contribution < -0.4 is 0 Å². The highest BCUT2D eigenvalue weighted by Gasteiger charge is 2.74. The van der Waals surface area contributed by atoms with E-state index in [0.29, 0.717) is 6.42 Å². The summed E-state index contributed by atoms with van der Waals surface area (Å²) in [5.41, 5.74) is -3.57. The van der Waals surface area contributed by atoms with Crippen molar-refractivity contribution in [1.82, 2.24) is 0 Å². The molecule has 9 nitrogen and oxygen atoms in total. The molecule has 41 heavy (non-hydrogen) atoms. The Kier molecular flexibility index (Phi) is 7.59. The average Bonchev–Trinajstić information content (AvgIpc) is 3.07. The van der Waals surface area contributed by atoms with Crippen LogP contribution in [0.2, 0.25) is 0 Å². The van der Waals surface area contributed by atoms with Crippen LogP contribution in [0.1, 0.15) is 93.9 Å². The lowest BCUT2D eigenvalue weighted by molar-refractivity contribution is -0.177. The van der Waals surface area contributed by atoms with Crippen LogP contribution in [0.4, 0.5) is 0 Å². The second-order valence-corrected chi connectivity index (χ2v) is 14.4. The summed E-state index contributed by atoms with van der Waals surface area (Å²) in [5.74, 6) is -4.81. The van der Waals surface area contributed by atoms with E-state index >= 15 is 0 Å². The van der Waals surface area contributed by atoms with Crippen LogP contribution in [0, 0.1) is 45.3 Å². The zero-order chi connectivity index (χ0) is 31.0. The van der Waals surface area contributed by atoms with Crippen LogP contribution in [-0.4, -0.2) is 57.5 Å². The number of ether oxygens (including phenoxy) is 1. The van der Waals surface area contributed by atoms with Gasteiger partial charge in [-0.3, -0.25) is 28.8 Å². The first-order chi connectivity index (χ1) is 18.8. The zero-order valence-electron chi connectivity index (χ0n) is 25.5. The van der Waals surface area contributed by atoms with Crippen molar-refractivity contribution in [2.45, 2.75) is 106 Å².